The summed E-state index contributed by atoms with van der Waals surface area (Å²) in [5.74, 6) is -1.44. The molecular formula is C22H39N3O6. The molecule has 3 amide bonds. The van der Waals surface area contributed by atoms with Gasteiger partial charge in [-0.05, 0) is 51.9 Å². The van der Waals surface area contributed by atoms with Gasteiger partial charge in [-0.1, -0.05) is 27.7 Å². The Hall–Kier alpha value is -2.32. The lowest BCUT2D eigenvalue weighted by atomic mass is 10.00. The Morgan fingerprint density at radius 2 is 1.68 bits per heavy atom. The first-order valence-electron chi connectivity index (χ1n) is 10.9. The topological polar surface area (TPSA) is 114 Å². The van der Waals surface area contributed by atoms with Crippen LogP contribution in [0.3, 0.4) is 0 Å². The Morgan fingerprint density at radius 3 is 2.16 bits per heavy atom. The van der Waals surface area contributed by atoms with E-state index in [1.165, 1.54) is 12.0 Å². The number of carbonyl (C=O) groups excluding carboxylic acids is 4. The Morgan fingerprint density at radius 1 is 1.06 bits per heavy atom. The number of nitrogens with zero attached hydrogens (tertiary/aromatic N) is 1. The van der Waals surface area contributed by atoms with E-state index < -0.39 is 47.6 Å². The van der Waals surface area contributed by atoms with Crippen molar-refractivity contribution >= 4 is 23.9 Å². The van der Waals surface area contributed by atoms with Crippen LogP contribution in [0.1, 0.15) is 67.7 Å². The summed E-state index contributed by atoms with van der Waals surface area (Å²) in [6.45, 7) is 13.2. The van der Waals surface area contributed by atoms with Gasteiger partial charge in [0.2, 0.25) is 11.8 Å². The average molecular weight is 442 g/mol. The van der Waals surface area contributed by atoms with Gasteiger partial charge >= 0.3 is 12.1 Å². The molecule has 3 atom stereocenters. The summed E-state index contributed by atoms with van der Waals surface area (Å²) in [4.78, 5) is 51.9. The molecule has 9 nitrogen and oxygen atoms in total. The van der Waals surface area contributed by atoms with Gasteiger partial charge < -0.3 is 20.1 Å². The molecule has 0 spiro atoms. The summed E-state index contributed by atoms with van der Waals surface area (Å²) in [5, 5.41) is 5.49. The molecule has 0 unspecified atom stereocenters. The predicted octanol–water partition coefficient (Wildman–Crippen LogP) is 2.23. The molecule has 0 aromatic rings. The molecule has 1 saturated heterocycles. The first-order chi connectivity index (χ1) is 14.3. The number of amides is 3. The molecule has 178 valence electrons. The third kappa shape index (κ3) is 8.38. The molecule has 0 radical (unpaired) electrons. The second kappa shape index (κ2) is 11.3. The van der Waals surface area contributed by atoms with E-state index in [-0.39, 0.29) is 11.8 Å². The van der Waals surface area contributed by atoms with Crippen LogP contribution in [-0.2, 0) is 23.9 Å². The van der Waals surface area contributed by atoms with E-state index in [1.807, 2.05) is 13.8 Å². The number of rotatable bonds is 8. The number of hydrogen-bond donors (Lipinski definition) is 2. The normalized spacial score (nSPS) is 18.5. The molecule has 0 aliphatic carbocycles. The molecule has 0 aromatic carbocycles. The SMILES string of the molecule is COC(=O)[C@@H](NC(=O)[C@H](CC(C)C)NC(=O)[C@@H]1CCCN1C(=O)OC(C)(C)C)C(C)C. The van der Waals surface area contributed by atoms with Gasteiger partial charge in [-0.3, -0.25) is 14.5 Å². The van der Waals surface area contributed by atoms with Crippen LogP contribution in [0.4, 0.5) is 4.79 Å². The van der Waals surface area contributed by atoms with E-state index in [0.717, 1.165) is 0 Å². The van der Waals surface area contributed by atoms with E-state index in [1.54, 1.807) is 34.6 Å². The summed E-state index contributed by atoms with van der Waals surface area (Å²) in [6.07, 6.45) is 1.03. The summed E-state index contributed by atoms with van der Waals surface area (Å²) < 4.78 is 10.2. The number of ether oxygens (including phenoxy) is 2. The van der Waals surface area contributed by atoms with Gasteiger partial charge in [0.15, 0.2) is 0 Å². The van der Waals surface area contributed by atoms with Crippen LogP contribution in [-0.4, -0.2) is 66.2 Å². The lowest BCUT2D eigenvalue weighted by Gasteiger charge is -2.30. The Labute approximate surface area is 185 Å². The van der Waals surface area contributed by atoms with Crippen LogP contribution in [0.5, 0.6) is 0 Å². The third-order valence-electron chi connectivity index (χ3n) is 4.94. The van der Waals surface area contributed by atoms with Crippen molar-refractivity contribution < 1.29 is 28.7 Å². The number of hydrogen-bond acceptors (Lipinski definition) is 6. The van der Waals surface area contributed by atoms with E-state index in [0.29, 0.717) is 25.8 Å². The van der Waals surface area contributed by atoms with E-state index in [4.69, 9.17) is 9.47 Å². The summed E-state index contributed by atoms with van der Waals surface area (Å²) in [5.41, 5.74) is -0.666. The molecule has 1 fully saturated rings. The Bertz CT molecular complexity index is 656. The van der Waals surface area contributed by atoms with Gasteiger partial charge in [0.25, 0.3) is 0 Å². The molecule has 1 rings (SSSR count). The molecule has 1 heterocycles. The van der Waals surface area contributed by atoms with Crippen molar-refractivity contribution in [1.82, 2.24) is 15.5 Å². The average Bonchev–Trinajstić information content (AvgIpc) is 3.12. The quantitative estimate of drug-likeness (QED) is 0.559. The second-order valence-electron chi connectivity index (χ2n) is 9.78. The maximum Gasteiger partial charge on any atom is 0.410 e. The number of esters is 1. The number of carbonyl (C=O) groups is 4. The molecule has 0 aromatic heterocycles. The fraction of sp³-hybridized carbons (Fsp3) is 0.818. The highest BCUT2D eigenvalue weighted by atomic mass is 16.6. The van der Waals surface area contributed by atoms with Crippen LogP contribution in [0.15, 0.2) is 0 Å². The molecule has 0 bridgehead atoms. The van der Waals surface area contributed by atoms with Gasteiger partial charge in [0.1, 0.15) is 23.7 Å². The number of nitrogens with one attached hydrogen (secondary N) is 2. The largest absolute Gasteiger partial charge is 0.467 e. The zero-order valence-electron chi connectivity index (χ0n) is 20.1. The van der Waals surface area contributed by atoms with Crippen molar-refractivity contribution in [3.05, 3.63) is 0 Å². The van der Waals surface area contributed by atoms with Gasteiger partial charge in [-0.2, -0.15) is 0 Å². The van der Waals surface area contributed by atoms with Crippen molar-refractivity contribution in [2.45, 2.75) is 91.5 Å². The maximum atomic E-state index is 13.0. The second-order valence-corrected chi connectivity index (χ2v) is 9.78. The summed E-state index contributed by atoms with van der Waals surface area (Å²) >= 11 is 0. The highest BCUT2D eigenvalue weighted by molar-refractivity contribution is 5.93. The van der Waals surface area contributed by atoms with Crippen molar-refractivity contribution in [3.63, 3.8) is 0 Å². The van der Waals surface area contributed by atoms with E-state index in [2.05, 4.69) is 10.6 Å². The number of methoxy groups -OCH3 is 1. The molecule has 9 heteroatoms. The minimum absolute atomic E-state index is 0.122. The minimum Gasteiger partial charge on any atom is -0.467 e. The predicted molar refractivity (Wildman–Crippen MR) is 116 cm³/mol. The highest BCUT2D eigenvalue weighted by Gasteiger charge is 2.38. The first kappa shape index (κ1) is 26.7. The van der Waals surface area contributed by atoms with Crippen molar-refractivity contribution in [2.75, 3.05) is 13.7 Å². The lowest BCUT2D eigenvalue weighted by Crippen LogP contribution is -2.56. The fourth-order valence-corrected chi connectivity index (χ4v) is 3.43. The van der Waals surface area contributed by atoms with Crippen LogP contribution >= 0.6 is 0 Å². The van der Waals surface area contributed by atoms with Gasteiger partial charge in [-0.15, -0.1) is 0 Å². The van der Waals surface area contributed by atoms with Gasteiger partial charge in [0, 0.05) is 6.54 Å². The van der Waals surface area contributed by atoms with Crippen LogP contribution in [0.2, 0.25) is 0 Å². The van der Waals surface area contributed by atoms with E-state index in [9.17, 15) is 19.2 Å². The Balaban J connectivity index is 2.92. The van der Waals surface area contributed by atoms with Gasteiger partial charge in [-0.25, -0.2) is 9.59 Å². The van der Waals surface area contributed by atoms with Crippen molar-refractivity contribution in [1.29, 1.82) is 0 Å². The third-order valence-corrected chi connectivity index (χ3v) is 4.94. The zero-order chi connectivity index (χ0) is 23.9. The monoisotopic (exact) mass is 441 g/mol. The van der Waals surface area contributed by atoms with E-state index >= 15 is 0 Å². The first-order valence-corrected chi connectivity index (χ1v) is 10.9. The molecule has 2 N–H and O–H groups in total. The zero-order valence-corrected chi connectivity index (χ0v) is 20.1. The molecule has 0 saturated carbocycles. The smallest absolute Gasteiger partial charge is 0.410 e. The maximum absolute atomic E-state index is 13.0. The highest BCUT2D eigenvalue weighted by Crippen LogP contribution is 2.21. The van der Waals surface area contributed by atoms with Crippen molar-refractivity contribution in [2.24, 2.45) is 11.8 Å². The molecule has 1 aliphatic rings. The molecular weight excluding hydrogens is 402 g/mol. The Kier molecular flexibility index (Phi) is 9.77. The summed E-state index contributed by atoms with van der Waals surface area (Å²) in [7, 11) is 1.27. The molecule has 31 heavy (non-hydrogen) atoms. The standard InChI is InChI=1S/C22H39N3O6/c1-13(2)12-15(18(26)24-17(14(3)4)20(28)30-8)23-19(27)16-10-9-11-25(16)21(29)31-22(5,6)7/h13-17H,9-12H2,1-8H3,(H,23,27)(H,24,26)/t15-,16-,17-/m0/s1. The van der Waals surface area contributed by atoms with Crippen LogP contribution < -0.4 is 10.6 Å². The van der Waals surface area contributed by atoms with Gasteiger partial charge in [0.05, 0.1) is 7.11 Å². The minimum atomic E-state index is -0.834. The van der Waals surface area contributed by atoms with Crippen LogP contribution in [0.25, 0.3) is 0 Å². The molecule has 1 aliphatic heterocycles. The lowest BCUT2D eigenvalue weighted by molar-refractivity contribution is -0.146. The number of likely N-dealkylation sites (tertiary alicyclic amines) is 1. The fourth-order valence-electron chi connectivity index (χ4n) is 3.43. The van der Waals surface area contributed by atoms with Crippen molar-refractivity contribution in [3.8, 4) is 0 Å². The van der Waals surface area contributed by atoms with Crippen LogP contribution in [0, 0.1) is 11.8 Å². The summed E-state index contributed by atoms with van der Waals surface area (Å²) in [6, 6.07) is -2.34.